The highest BCUT2D eigenvalue weighted by Gasteiger charge is 2.20. The molecule has 0 bridgehead atoms. The topological polar surface area (TPSA) is 70.1 Å². The second-order valence-electron chi connectivity index (χ2n) is 5.87. The van der Waals surface area contributed by atoms with Gasteiger partial charge < -0.3 is 15.7 Å². The molecule has 0 spiro atoms. The summed E-state index contributed by atoms with van der Waals surface area (Å²) >= 11 is 3.50. The van der Waals surface area contributed by atoms with Gasteiger partial charge in [-0.1, -0.05) is 13.3 Å². The van der Waals surface area contributed by atoms with Crippen molar-refractivity contribution < 1.29 is 5.11 Å². The van der Waals surface area contributed by atoms with Crippen LogP contribution in [0, 0.1) is 0 Å². The van der Waals surface area contributed by atoms with Crippen LogP contribution in [0.25, 0.3) is 0 Å². The summed E-state index contributed by atoms with van der Waals surface area (Å²) in [5.41, 5.74) is 0. The Labute approximate surface area is 135 Å². The van der Waals surface area contributed by atoms with E-state index in [-0.39, 0.29) is 6.10 Å². The largest absolute Gasteiger partial charge is 0.393 e. The highest BCUT2D eigenvalue weighted by atomic mass is 79.9. The maximum atomic E-state index is 9.57. The van der Waals surface area contributed by atoms with Crippen LogP contribution in [0.15, 0.2) is 10.7 Å². The Kier molecular flexibility index (Phi) is 6.23. The van der Waals surface area contributed by atoms with Crippen LogP contribution in [-0.4, -0.2) is 33.3 Å². The number of hydrogen-bond acceptors (Lipinski definition) is 5. The summed E-state index contributed by atoms with van der Waals surface area (Å²) < 4.78 is 0.877. The molecule has 0 aromatic carbocycles. The van der Waals surface area contributed by atoms with E-state index < -0.39 is 0 Å². The van der Waals surface area contributed by atoms with Gasteiger partial charge >= 0.3 is 0 Å². The van der Waals surface area contributed by atoms with E-state index in [0.29, 0.717) is 18.0 Å². The molecule has 1 aliphatic carbocycles. The van der Waals surface area contributed by atoms with E-state index in [1.54, 1.807) is 6.20 Å². The van der Waals surface area contributed by atoms with Crippen LogP contribution < -0.4 is 10.6 Å². The van der Waals surface area contributed by atoms with E-state index in [1.165, 1.54) is 0 Å². The molecule has 1 aromatic heterocycles. The first kappa shape index (κ1) is 16.5. The summed E-state index contributed by atoms with van der Waals surface area (Å²) in [4.78, 5) is 8.88. The van der Waals surface area contributed by atoms with Crippen LogP contribution in [0.1, 0.15) is 52.4 Å². The van der Waals surface area contributed by atoms with Crippen LogP contribution in [0.4, 0.5) is 11.8 Å². The van der Waals surface area contributed by atoms with Crippen LogP contribution >= 0.6 is 15.9 Å². The number of rotatable bonds is 6. The van der Waals surface area contributed by atoms with Crippen molar-refractivity contribution in [1.82, 2.24) is 9.97 Å². The van der Waals surface area contributed by atoms with Gasteiger partial charge in [0.15, 0.2) is 0 Å². The molecule has 1 fully saturated rings. The SMILES string of the molecule is CCCC(C)Nc1ncc(Br)c(NC2CCC(O)CC2)n1. The maximum Gasteiger partial charge on any atom is 0.224 e. The minimum absolute atomic E-state index is 0.135. The number of nitrogens with zero attached hydrogens (tertiary/aromatic N) is 2. The van der Waals surface area contributed by atoms with Gasteiger partial charge in [-0.2, -0.15) is 4.98 Å². The van der Waals surface area contributed by atoms with Crippen LogP contribution in [0.2, 0.25) is 0 Å². The van der Waals surface area contributed by atoms with E-state index >= 15 is 0 Å². The van der Waals surface area contributed by atoms with E-state index in [9.17, 15) is 5.11 Å². The zero-order valence-corrected chi connectivity index (χ0v) is 14.4. The first-order chi connectivity index (χ1) is 10.1. The Hall–Kier alpha value is -0.880. The molecule has 0 radical (unpaired) electrons. The van der Waals surface area contributed by atoms with Crippen molar-refractivity contribution in [1.29, 1.82) is 0 Å². The summed E-state index contributed by atoms with van der Waals surface area (Å²) in [5.74, 6) is 1.50. The average Bonchev–Trinajstić information content (AvgIpc) is 2.45. The standard InChI is InChI=1S/C15H25BrN4O/c1-3-4-10(2)18-15-17-9-13(16)14(20-15)19-11-5-7-12(21)8-6-11/h9-12,21H,3-8H2,1-2H3,(H2,17,18,19,20). The van der Waals surface area contributed by atoms with Crippen molar-refractivity contribution in [2.75, 3.05) is 10.6 Å². The van der Waals surface area contributed by atoms with Crippen molar-refractivity contribution >= 4 is 27.7 Å². The van der Waals surface area contributed by atoms with Gasteiger partial charge in [0.2, 0.25) is 5.95 Å². The predicted molar refractivity (Wildman–Crippen MR) is 89.6 cm³/mol. The number of aliphatic hydroxyl groups excluding tert-OH is 1. The molecule has 1 aromatic rings. The first-order valence-electron chi connectivity index (χ1n) is 7.82. The van der Waals surface area contributed by atoms with Crippen LogP contribution in [0.5, 0.6) is 0 Å². The fourth-order valence-corrected chi connectivity index (χ4v) is 2.98. The highest BCUT2D eigenvalue weighted by molar-refractivity contribution is 9.10. The molecule has 1 atom stereocenters. The predicted octanol–water partition coefficient (Wildman–Crippen LogP) is 3.56. The molecular formula is C15H25BrN4O. The third-order valence-electron chi connectivity index (χ3n) is 3.88. The molecule has 0 amide bonds. The molecule has 1 unspecified atom stereocenters. The number of halogens is 1. The summed E-state index contributed by atoms with van der Waals surface area (Å²) in [5, 5.41) is 16.4. The van der Waals surface area contributed by atoms with Gasteiger partial charge in [-0.05, 0) is 55.0 Å². The van der Waals surface area contributed by atoms with E-state index in [0.717, 1.165) is 48.8 Å². The van der Waals surface area contributed by atoms with Crippen molar-refractivity contribution in [3.8, 4) is 0 Å². The summed E-state index contributed by atoms with van der Waals surface area (Å²) in [6.07, 6.45) is 7.57. The Morgan fingerprint density at radius 3 is 2.76 bits per heavy atom. The zero-order chi connectivity index (χ0) is 15.2. The zero-order valence-electron chi connectivity index (χ0n) is 12.8. The lowest BCUT2D eigenvalue weighted by Gasteiger charge is -2.27. The first-order valence-corrected chi connectivity index (χ1v) is 8.61. The minimum atomic E-state index is -0.135. The molecule has 2 rings (SSSR count). The molecule has 0 aliphatic heterocycles. The monoisotopic (exact) mass is 356 g/mol. The van der Waals surface area contributed by atoms with E-state index in [2.05, 4.69) is 50.4 Å². The summed E-state index contributed by atoms with van der Waals surface area (Å²) in [6, 6.07) is 0.745. The summed E-state index contributed by atoms with van der Waals surface area (Å²) in [6.45, 7) is 4.32. The van der Waals surface area contributed by atoms with Crippen molar-refractivity contribution in [3.63, 3.8) is 0 Å². The van der Waals surface area contributed by atoms with Crippen LogP contribution in [0.3, 0.4) is 0 Å². The second kappa shape index (κ2) is 7.94. The average molecular weight is 357 g/mol. The fraction of sp³-hybridized carbons (Fsp3) is 0.733. The molecule has 1 heterocycles. The lowest BCUT2D eigenvalue weighted by atomic mass is 9.93. The minimum Gasteiger partial charge on any atom is -0.393 e. The lowest BCUT2D eigenvalue weighted by Crippen LogP contribution is -2.29. The van der Waals surface area contributed by atoms with Crippen molar-refractivity contribution in [3.05, 3.63) is 10.7 Å². The Morgan fingerprint density at radius 1 is 1.38 bits per heavy atom. The van der Waals surface area contributed by atoms with Crippen molar-refractivity contribution in [2.24, 2.45) is 0 Å². The third kappa shape index (κ3) is 5.11. The molecule has 1 saturated carbocycles. The maximum absolute atomic E-state index is 9.57. The molecule has 3 N–H and O–H groups in total. The molecule has 6 heteroatoms. The van der Waals surface area contributed by atoms with Crippen LogP contribution in [-0.2, 0) is 0 Å². The smallest absolute Gasteiger partial charge is 0.224 e. The normalized spacial score (nSPS) is 23.6. The number of hydrogen-bond donors (Lipinski definition) is 3. The molecule has 118 valence electrons. The highest BCUT2D eigenvalue weighted by Crippen LogP contribution is 2.26. The second-order valence-corrected chi connectivity index (χ2v) is 6.73. The molecule has 1 aliphatic rings. The van der Waals surface area contributed by atoms with Crippen molar-refractivity contribution in [2.45, 2.75) is 70.6 Å². The Bertz CT molecular complexity index is 449. The van der Waals surface area contributed by atoms with Gasteiger partial charge in [-0.3, -0.25) is 0 Å². The van der Waals surface area contributed by atoms with E-state index in [1.807, 2.05) is 0 Å². The fourth-order valence-electron chi connectivity index (χ4n) is 2.68. The lowest BCUT2D eigenvalue weighted by molar-refractivity contribution is 0.126. The summed E-state index contributed by atoms with van der Waals surface area (Å²) in [7, 11) is 0. The van der Waals surface area contributed by atoms with Gasteiger partial charge in [-0.15, -0.1) is 0 Å². The number of aliphatic hydroxyl groups is 1. The molecular weight excluding hydrogens is 332 g/mol. The van der Waals surface area contributed by atoms with Gasteiger partial charge in [-0.25, -0.2) is 4.98 Å². The van der Waals surface area contributed by atoms with Gasteiger partial charge in [0.1, 0.15) is 5.82 Å². The van der Waals surface area contributed by atoms with Gasteiger partial charge in [0.25, 0.3) is 0 Å². The molecule has 21 heavy (non-hydrogen) atoms. The van der Waals surface area contributed by atoms with E-state index in [4.69, 9.17) is 0 Å². The van der Waals surface area contributed by atoms with Gasteiger partial charge in [0.05, 0.1) is 10.6 Å². The number of anilines is 2. The number of aromatic nitrogens is 2. The molecule has 0 saturated heterocycles. The number of nitrogens with one attached hydrogen (secondary N) is 2. The molecule has 5 nitrogen and oxygen atoms in total. The quantitative estimate of drug-likeness (QED) is 0.726. The Balaban J connectivity index is 1.98. The van der Waals surface area contributed by atoms with Gasteiger partial charge in [0, 0.05) is 18.3 Å². The Morgan fingerprint density at radius 2 is 2.10 bits per heavy atom. The third-order valence-corrected chi connectivity index (χ3v) is 4.46.